The maximum atomic E-state index is 12.4. The van der Waals surface area contributed by atoms with Gasteiger partial charge in [0.25, 0.3) is 0 Å². The molecule has 5 nitrogen and oxygen atoms in total. The Hall–Kier alpha value is -1.43. The van der Waals surface area contributed by atoms with Crippen molar-refractivity contribution in [3.8, 4) is 0 Å². The Morgan fingerprint density at radius 1 is 1.45 bits per heavy atom. The third kappa shape index (κ3) is 2.22. The number of hydrogen-bond acceptors (Lipinski definition) is 4. The molecule has 1 heterocycles. The molecule has 1 amide bonds. The zero-order valence-electron chi connectivity index (χ0n) is 12.2. The van der Waals surface area contributed by atoms with Gasteiger partial charge in [0.2, 0.25) is 5.91 Å². The molecule has 6 heteroatoms. The van der Waals surface area contributed by atoms with E-state index in [0.29, 0.717) is 18.0 Å². The first-order valence-corrected chi connectivity index (χ1v) is 7.47. The molecular weight excluding hydrogens is 276 g/mol. The van der Waals surface area contributed by atoms with E-state index in [2.05, 4.69) is 10.3 Å². The highest BCUT2D eigenvalue weighted by molar-refractivity contribution is 7.15. The third-order valence-electron chi connectivity index (χ3n) is 4.87. The van der Waals surface area contributed by atoms with Crippen LogP contribution in [0.1, 0.15) is 38.5 Å². The molecule has 2 N–H and O–H groups in total. The second-order valence-corrected chi connectivity index (χ2v) is 7.45. The smallest absolute Gasteiger partial charge is 0.309 e. The van der Waals surface area contributed by atoms with Crippen LogP contribution >= 0.6 is 11.3 Å². The number of aryl methyl sites for hydroxylation is 1. The van der Waals surface area contributed by atoms with E-state index in [4.69, 9.17) is 0 Å². The van der Waals surface area contributed by atoms with Crippen LogP contribution in [0, 0.1) is 23.7 Å². The van der Waals surface area contributed by atoms with Crippen LogP contribution in [0.4, 0.5) is 5.13 Å². The van der Waals surface area contributed by atoms with E-state index in [0.717, 1.165) is 4.88 Å². The van der Waals surface area contributed by atoms with Crippen LogP contribution in [0.3, 0.4) is 0 Å². The van der Waals surface area contributed by atoms with Crippen molar-refractivity contribution in [1.82, 2.24) is 4.98 Å². The van der Waals surface area contributed by atoms with Gasteiger partial charge in [0.15, 0.2) is 5.13 Å². The lowest BCUT2D eigenvalue weighted by molar-refractivity contribution is -0.154. The average molecular weight is 296 g/mol. The van der Waals surface area contributed by atoms with E-state index in [-0.39, 0.29) is 11.8 Å². The van der Waals surface area contributed by atoms with Crippen molar-refractivity contribution >= 4 is 28.3 Å². The lowest BCUT2D eigenvalue weighted by atomic mass is 9.65. The summed E-state index contributed by atoms with van der Waals surface area (Å²) >= 11 is 1.42. The van der Waals surface area contributed by atoms with Crippen LogP contribution in [-0.2, 0) is 9.59 Å². The fraction of sp³-hybridized carbons (Fsp3) is 0.643. The SMILES string of the molecule is Cc1cnc(NC(=O)[C@@H]2CC[C@](C)(C(=O)O)C2(C)C)s1. The molecule has 1 aliphatic carbocycles. The predicted molar refractivity (Wildman–Crippen MR) is 77.7 cm³/mol. The molecule has 2 rings (SSSR count). The van der Waals surface area contributed by atoms with Crippen molar-refractivity contribution in [2.45, 2.75) is 40.5 Å². The van der Waals surface area contributed by atoms with Crippen LogP contribution in [-0.4, -0.2) is 22.0 Å². The molecule has 20 heavy (non-hydrogen) atoms. The van der Waals surface area contributed by atoms with Gasteiger partial charge in [0.05, 0.1) is 5.41 Å². The van der Waals surface area contributed by atoms with E-state index in [1.807, 2.05) is 20.8 Å². The number of hydrogen-bond donors (Lipinski definition) is 2. The zero-order chi connectivity index (χ0) is 15.1. The summed E-state index contributed by atoms with van der Waals surface area (Å²) < 4.78 is 0. The lowest BCUT2D eigenvalue weighted by Gasteiger charge is -2.37. The number of carbonyl (C=O) groups excluding carboxylic acids is 1. The van der Waals surface area contributed by atoms with E-state index in [1.165, 1.54) is 11.3 Å². The van der Waals surface area contributed by atoms with Crippen molar-refractivity contribution in [2.75, 3.05) is 5.32 Å². The van der Waals surface area contributed by atoms with Gasteiger partial charge in [-0.05, 0) is 32.1 Å². The first-order chi connectivity index (χ1) is 9.18. The van der Waals surface area contributed by atoms with Gasteiger partial charge in [-0.3, -0.25) is 9.59 Å². The number of carbonyl (C=O) groups is 2. The highest BCUT2D eigenvalue weighted by Crippen LogP contribution is 2.56. The summed E-state index contributed by atoms with van der Waals surface area (Å²) in [6.45, 7) is 7.39. The Bertz CT molecular complexity index is 552. The fourth-order valence-corrected chi connectivity index (χ4v) is 3.61. The maximum absolute atomic E-state index is 12.4. The second kappa shape index (κ2) is 4.84. The first-order valence-electron chi connectivity index (χ1n) is 6.65. The second-order valence-electron chi connectivity index (χ2n) is 6.22. The van der Waals surface area contributed by atoms with Gasteiger partial charge in [0, 0.05) is 17.0 Å². The van der Waals surface area contributed by atoms with Crippen LogP contribution in [0.5, 0.6) is 0 Å². The highest BCUT2D eigenvalue weighted by Gasteiger charge is 2.58. The standard InChI is InChI=1S/C14H20N2O3S/c1-8-7-15-12(20-8)16-10(17)9-5-6-14(4,11(18)19)13(9,2)3/h7,9H,5-6H2,1-4H3,(H,18,19)(H,15,16,17)/t9-,14+/m0/s1. The molecular formula is C14H20N2O3S. The first kappa shape index (κ1) is 15.0. The molecule has 0 bridgehead atoms. The minimum Gasteiger partial charge on any atom is -0.481 e. The molecule has 110 valence electrons. The van der Waals surface area contributed by atoms with Gasteiger partial charge in [-0.25, -0.2) is 4.98 Å². The van der Waals surface area contributed by atoms with Crippen LogP contribution in [0.25, 0.3) is 0 Å². The molecule has 0 unspecified atom stereocenters. The summed E-state index contributed by atoms with van der Waals surface area (Å²) in [4.78, 5) is 29.1. The zero-order valence-corrected chi connectivity index (χ0v) is 13.0. The Kier molecular flexibility index (Phi) is 3.62. The van der Waals surface area contributed by atoms with Crippen molar-refractivity contribution in [2.24, 2.45) is 16.7 Å². The Balaban J connectivity index is 2.18. The Labute approximate surface area is 122 Å². The molecule has 0 radical (unpaired) electrons. The number of aliphatic carboxylic acids is 1. The van der Waals surface area contributed by atoms with Gasteiger partial charge < -0.3 is 10.4 Å². The molecule has 1 fully saturated rings. The molecule has 1 aromatic rings. The number of amides is 1. The number of nitrogens with zero attached hydrogens (tertiary/aromatic N) is 1. The number of rotatable bonds is 3. The molecule has 2 atom stereocenters. The summed E-state index contributed by atoms with van der Waals surface area (Å²) in [6, 6.07) is 0. The van der Waals surface area contributed by atoms with Crippen molar-refractivity contribution in [3.63, 3.8) is 0 Å². The Morgan fingerprint density at radius 2 is 2.10 bits per heavy atom. The highest BCUT2D eigenvalue weighted by atomic mass is 32.1. The van der Waals surface area contributed by atoms with Gasteiger partial charge in [0.1, 0.15) is 0 Å². The van der Waals surface area contributed by atoms with Crippen molar-refractivity contribution in [1.29, 1.82) is 0 Å². The van der Waals surface area contributed by atoms with Crippen molar-refractivity contribution in [3.05, 3.63) is 11.1 Å². The van der Waals surface area contributed by atoms with Gasteiger partial charge in [-0.2, -0.15) is 0 Å². The number of carboxylic acids is 1. The van der Waals surface area contributed by atoms with Gasteiger partial charge in [-0.1, -0.05) is 13.8 Å². The van der Waals surface area contributed by atoms with Crippen LogP contribution in [0.15, 0.2) is 6.20 Å². The normalized spacial score (nSPS) is 28.3. The van der Waals surface area contributed by atoms with E-state index >= 15 is 0 Å². The van der Waals surface area contributed by atoms with Crippen LogP contribution in [0.2, 0.25) is 0 Å². The monoisotopic (exact) mass is 296 g/mol. The molecule has 0 saturated heterocycles. The van der Waals surface area contributed by atoms with E-state index < -0.39 is 16.8 Å². The molecule has 0 aliphatic heterocycles. The molecule has 0 aromatic carbocycles. The number of carboxylic acid groups (broad SMARTS) is 1. The maximum Gasteiger partial charge on any atom is 0.309 e. The number of nitrogens with one attached hydrogen (secondary N) is 1. The van der Waals surface area contributed by atoms with E-state index in [1.54, 1.807) is 13.1 Å². The Morgan fingerprint density at radius 3 is 2.55 bits per heavy atom. The summed E-state index contributed by atoms with van der Waals surface area (Å²) in [5.74, 6) is -1.27. The topological polar surface area (TPSA) is 79.3 Å². The number of anilines is 1. The quantitative estimate of drug-likeness (QED) is 0.899. The lowest BCUT2D eigenvalue weighted by Crippen LogP contribution is -2.43. The third-order valence-corrected chi connectivity index (χ3v) is 5.69. The number of thiazole rings is 1. The predicted octanol–water partition coefficient (Wildman–Crippen LogP) is 2.92. The summed E-state index contributed by atoms with van der Waals surface area (Å²) in [5.41, 5.74) is -1.46. The van der Waals surface area contributed by atoms with Gasteiger partial charge in [-0.15, -0.1) is 11.3 Å². The van der Waals surface area contributed by atoms with Gasteiger partial charge >= 0.3 is 5.97 Å². The minimum absolute atomic E-state index is 0.130. The molecule has 1 aliphatic rings. The van der Waals surface area contributed by atoms with E-state index in [9.17, 15) is 14.7 Å². The average Bonchev–Trinajstić information content (AvgIpc) is 2.83. The minimum atomic E-state index is -0.867. The van der Waals surface area contributed by atoms with Crippen molar-refractivity contribution < 1.29 is 14.7 Å². The molecule has 1 aromatic heterocycles. The number of aromatic nitrogens is 1. The summed E-state index contributed by atoms with van der Waals surface area (Å²) in [6.07, 6.45) is 2.82. The molecule has 0 spiro atoms. The van der Waals surface area contributed by atoms with Crippen LogP contribution < -0.4 is 5.32 Å². The summed E-state index contributed by atoms with van der Waals surface area (Å²) in [7, 11) is 0. The summed E-state index contributed by atoms with van der Waals surface area (Å²) in [5, 5.41) is 12.8. The molecule has 1 saturated carbocycles. The fourth-order valence-electron chi connectivity index (χ4n) is 2.95. The largest absolute Gasteiger partial charge is 0.481 e.